The fourth-order valence-electron chi connectivity index (χ4n) is 4.55. The molecule has 1 aromatic rings. The summed E-state index contributed by atoms with van der Waals surface area (Å²) in [5, 5.41) is 15.4. The maximum atomic E-state index is 13.9. The Balaban J connectivity index is 3.32. The number of carboxylic acid groups (broad SMARTS) is 1. The van der Waals surface area contributed by atoms with Crippen LogP contribution in [-0.2, 0) is 19.8 Å². The third-order valence-corrected chi connectivity index (χ3v) is 6.88. The van der Waals surface area contributed by atoms with Gasteiger partial charge in [-0.2, -0.15) is 0 Å². The number of carbonyl (C=O) groups excluding carboxylic acids is 2. The number of hydrogen-bond acceptors (Lipinski definition) is 4. The molecule has 3 N–H and O–H groups in total. The monoisotopic (exact) mass is 513 g/mol. The second kappa shape index (κ2) is 13.0. The predicted molar refractivity (Wildman–Crippen MR) is 150 cm³/mol. The highest BCUT2D eigenvalue weighted by molar-refractivity contribution is 5.91. The van der Waals surface area contributed by atoms with Crippen LogP contribution in [0.1, 0.15) is 67.9 Å². The molecule has 0 bridgehead atoms. The van der Waals surface area contributed by atoms with Gasteiger partial charge in [-0.05, 0) is 43.9 Å². The Morgan fingerprint density at radius 3 is 1.95 bits per heavy atom. The minimum absolute atomic E-state index is 0.0702. The van der Waals surface area contributed by atoms with Crippen LogP contribution in [0.2, 0.25) is 0 Å². The minimum Gasteiger partial charge on any atom is -0.478 e. The summed E-state index contributed by atoms with van der Waals surface area (Å²) >= 11 is 0. The summed E-state index contributed by atoms with van der Waals surface area (Å²) in [6.45, 7) is 17.2. The van der Waals surface area contributed by atoms with Crippen molar-refractivity contribution in [2.75, 3.05) is 14.1 Å². The molecule has 206 valence electrons. The number of amides is 2. The van der Waals surface area contributed by atoms with Gasteiger partial charge >= 0.3 is 5.97 Å². The van der Waals surface area contributed by atoms with Gasteiger partial charge in [-0.1, -0.05) is 90.4 Å². The molecule has 0 aliphatic rings. The second-order valence-electron chi connectivity index (χ2n) is 11.8. The molecule has 0 unspecified atom stereocenters. The Hall–Kier alpha value is -2.93. The average molecular weight is 514 g/mol. The van der Waals surface area contributed by atoms with Gasteiger partial charge in [0.1, 0.15) is 6.04 Å². The van der Waals surface area contributed by atoms with E-state index in [-0.39, 0.29) is 29.3 Å². The van der Waals surface area contributed by atoms with Gasteiger partial charge in [0, 0.05) is 18.0 Å². The lowest BCUT2D eigenvalue weighted by atomic mass is 9.76. The van der Waals surface area contributed by atoms with E-state index in [0.29, 0.717) is 0 Å². The van der Waals surface area contributed by atoms with Crippen LogP contribution in [0, 0.1) is 11.3 Å². The van der Waals surface area contributed by atoms with E-state index in [2.05, 4.69) is 10.6 Å². The van der Waals surface area contributed by atoms with E-state index in [4.69, 9.17) is 0 Å². The molecule has 0 fully saturated rings. The lowest BCUT2D eigenvalue weighted by Crippen LogP contribution is -2.61. The molecular formula is C30H47N3O4. The van der Waals surface area contributed by atoms with Gasteiger partial charge in [0.15, 0.2) is 0 Å². The standard InChI is InChI=1S/C30H47N3O4/c1-19(2)23(18-20(3)17-21(4)28(36)37)33(11)27(35)25(29(5,6)7)32-26(34)24(31-10)30(8,9)22-15-13-12-14-16-22/h12-19,23-25,31H,1-11H3,(H,32,34)(H,36,37)/t23-,24-,25-/m1/s1. The summed E-state index contributed by atoms with van der Waals surface area (Å²) in [6.07, 6.45) is 3.51. The summed E-state index contributed by atoms with van der Waals surface area (Å²) in [5.74, 6) is -1.35. The van der Waals surface area contributed by atoms with Crippen molar-refractivity contribution >= 4 is 17.8 Å². The first kappa shape index (κ1) is 32.1. The van der Waals surface area contributed by atoms with E-state index in [9.17, 15) is 19.5 Å². The minimum atomic E-state index is -0.980. The summed E-state index contributed by atoms with van der Waals surface area (Å²) < 4.78 is 0. The van der Waals surface area contributed by atoms with Crippen molar-refractivity contribution in [2.24, 2.45) is 11.3 Å². The van der Waals surface area contributed by atoms with Gasteiger partial charge in [0.2, 0.25) is 11.8 Å². The summed E-state index contributed by atoms with van der Waals surface area (Å²) in [5.41, 5.74) is 0.937. The van der Waals surface area contributed by atoms with E-state index in [0.717, 1.165) is 11.1 Å². The van der Waals surface area contributed by atoms with Crippen LogP contribution in [0.15, 0.2) is 53.6 Å². The van der Waals surface area contributed by atoms with Crippen LogP contribution >= 0.6 is 0 Å². The first-order valence-electron chi connectivity index (χ1n) is 12.8. The zero-order valence-corrected chi connectivity index (χ0v) is 24.5. The lowest BCUT2D eigenvalue weighted by molar-refractivity contribution is -0.140. The van der Waals surface area contributed by atoms with Gasteiger partial charge in [-0.3, -0.25) is 9.59 Å². The number of allylic oxidation sites excluding steroid dienone is 2. The first-order valence-corrected chi connectivity index (χ1v) is 12.8. The van der Waals surface area contributed by atoms with Crippen LogP contribution in [-0.4, -0.2) is 60.0 Å². The molecule has 7 heteroatoms. The Bertz CT molecular complexity index is 1000. The Labute approximate surface area is 223 Å². The molecule has 0 aliphatic heterocycles. The molecule has 0 aliphatic carbocycles. The molecule has 7 nitrogen and oxygen atoms in total. The fourth-order valence-corrected chi connectivity index (χ4v) is 4.55. The number of aliphatic carboxylic acids is 1. The van der Waals surface area contributed by atoms with Crippen LogP contribution < -0.4 is 10.6 Å². The number of nitrogens with zero attached hydrogens (tertiary/aromatic N) is 1. The molecule has 37 heavy (non-hydrogen) atoms. The van der Waals surface area contributed by atoms with Crippen molar-refractivity contribution in [3.63, 3.8) is 0 Å². The highest BCUT2D eigenvalue weighted by Crippen LogP contribution is 2.29. The number of hydrogen-bond donors (Lipinski definition) is 3. The molecule has 0 saturated heterocycles. The maximum absolute atomic E-state index is 13.9. The zero-order chi connectivity index (χ0) is 28.7. The molecule has 3 atom stereocenters. The number of carbonyl (C=O) groups is 3. The molecule has 0 heterocycles. The molecule has 1 aromatic carbocycles. The highest BCUT2D eigenvalue weighted by Gasteiger charge is 2.41. The number of carboxylic acids is 1. The Morgan fingerprint density at radius 1 is 0.973 bits per heavy atom. The van der Waals surface area contributed by atoms with Crippen LogP contribution in [0.4, 0.5) is 0 Å². The molecular weight excluding hydrogens is 466 g/mol. The lowest BCUT2D eigenvalue weighted by Gasteiger charge is -2.40. The average Bonchev–Trinajstić information content (AvgIpc) is 2.79. The van der Waals surface area contributed by atoms with Crippen molar-refractivity contribution in [1.82, 2.24) is 15.5 Å². The van der Waals surface area contributed by atoms with E-state index >= 15 is 0 Å². The van der Waals surface area contributed by atoms with E-state index < -0.39 is 28.9 Å². The largest absolute Gasteiger partial charge is 0.478 e. The van der Waals surface area contributed by atoms with Crippen molar-refractivity contribution in [3.05, 3.63) is 59.2 Å². The highest BCUT2D eigenvalue weighted by atomic mass is 16.4. The topological polar surface area (TPSA) is 98.7 Å². The van der Waals surface area contributed by atoms with E-state index in [1.807, 2.05) is 91.8 Å². The van der Waals surface area contributed by atoms with Gasteiger partial charge < -0.3 is 20.6 Å². The van der Waals surface area contributed by atoms with Crippen molar-refractivity contribution in [3.8, 4) is 0 Å². The third-order valence-electron chi connectivity index (χ3n) is 6.88. The summed E-state index contributed by atoms with van der Waals surface area (Å²) in [6, 6.07) is 8.23. The molecule has 0 aromatic heterocycles. The summed E-state index contributed by atoms with van der Waals surface area (Å²) in [7, 11) is 3.49. The molecule has 2 amide bonds. The van der Waals surface area contributed by atoms with Crippen LogP contribution in [0.25, 0.3) is 0 Å². The maximum Gasteiger partial charge on any atom is 0.331 e. The molecule has 1 rings (SSSR count). The van der Waals surface area contributed by atoms with E-state index in [1.54, 1.807) is 32.0 Å². The molecule has 0 radical (unpaired) electrons. The second-order valence-corrected chi connectivity index (χ2v) is 11.8. The zero-order valence-electron chi connectivity index (χ0n) is 24.5. The van der Waals surface area contributed by atoms with E-state index in [1.165, 1.54) is 0 Å². The predicted octanol–water partition coefficient (Wildman–Crippen LogP) is 4.54. The van der Waals surface area contributed by atoms with Gasteiger partial charge in [-0.25, -0.2) is 4.79 Å². The quantitative estimate of drug-likeness (QED) is 0.298. The van der Waals surface area contributed by atoms with Gasteiger partial charge in [0.05, 0.1) is 12.1 Å². The SMILES string of the molecule is CN[C@H](C(=O)N[C@H](C(=O)N(C)[C@H](C=C(C)C=C(C)C(=O)O)C(C)C)C(C)(C)C)C(C)(C)c1ccccc1. The van der Waals surface area contributed by atoms with Gasteiger partial charge in [-0.15, -0.1) is 0 Å². The number of benzene rings is 1. The normalized spacial score (nSPS) is 15.7. The number of nitrogens with one attached hydrogen (secondary N) is 2. The first-order chi connectivity index (χ1) is 16.9. The van der Waals surface area contributed by atoms with Crippen molar-refractivity contribution in [1.29, 1.82) is 0 Å². The molecule has 0 saturated carbocycles. The van der Waals surface area contributed by atoms with Crippen LogP contribution in [0.5, 0.6) is 0 Å². The fraction of sp³-hybridized carbons (Fsp3) is 0.567. The smallest absolute Gasteiger partial charge is 0.331 e. The Kier molecular flexibility index (Phi) is 11.3. The van der Waals surface area contributed by atoms with Crippen molar-refractivity contribution in [2.45, 2.75) is 85.9 Å². The number of likely N-dealkylation sites (N-methyl/N-ethyl adjacent to an activating group) is 2. The molecule has 0 spiro atoms. The van der Waals surface area contributed by atoms with Crippen LogP contribution in [0.3, 0.4) is 0 Å². The summed E-state index contributed by atoms with van der Waals surface area (Å²) in [4.78, 5) is 40.4. The third kappa shape index (κ3) is 8.56. The van der Waals surface area contributed by atoms with Crippen molar-refractivity contribution < 1.29 is 19.5 Å². The Morgan fingerprint density at radius 2 is 1.51 bits per heavy atom. The number of rotatable bonds is 11. The van der Waals surface area contributed by atoms with Gasteiger partial charge in [0.25, 0.3) is 0 Å².